The summed E-state index contributed by atoms with van der Waals surface area (Å²) in [7, 11) is 3.13. The van der Waals surface area contributed by atoms with Crippen LogP contribution in [0.2, 0.25) is 0 Å². The Kier molecular flexibility index (Phi) is 5.73. The van der Waals surface area contributed by atoms with Crippen molar-refractivity contribution < 1.29 is 33.0 Å². The van der Waals surface area contributed by atoms with Crippen LogP contribution in [0.4, 0.5) is 5.88 Å². The number of esters is 3. The summed E-state index contributed by atoms with van der Waals surface area (Å²) in [6.45, 7) is 5.21. The van der Waals surface area contributed by atoms with Crippen LogP contribution in [0.3, 0.4) is 0 Å². The van der Waals surface area contributed by atoms with Gasteiger partial charge in [0.25, 0.3) is 0 Å². The van der Waals surface area contributed by atoms with Crippen molar-refractivity contribution in [3.8, 4) is 0 Å². The van der Waals surface area contributed by atoms with Gasteiger partial charge >= 0.3 is 23.5 Å². The summed E-state index contributed by atoms with van der Waals surface area (Å²) in [4.78, 5) is 48.3. The first-order valence-electron chi connectivity index (χ1n) is 6.81. The van der Waals surface area contributed by atoms with E-state index in [1.54, 1.807) is 20.8 Å². The molecule has 1 heterocycles. The maximum atomic E-state index is 12.2. The number of anilines is 1. The second-order valence-electron chi connectivity index (χ2n) is 5.69. The molecule has 0 bridgehead atoms. The minimum atomic E-state index is -1.15. The molecule has 0 aliphatic rings. The van der Waals surface area contributed by atoms with E-state index in [2.05, 4.69) is 19.5 Å². The molecule has 0 radical (unpaired) electrons. The molecule has 0 spiro atoms. The largest absolute Gasteiger partial charge is 0.465 e. The van der Waals surface area contributed by atoms with E-state index in [0.717, 1.165) is 21.3 Å². The zero-order valence-corrected chi connectivity index (χ0v) is 14.3. The van der Waals surface area contributed by atoms with E-state index < -0.39 is 45.8 Å². The van der Waals surface area contributed by atoms with Crippen LogP contribution < -0.4 is 10.9 Å². The summed E-state index contributed by atoms with van der Waals surface area (Å²) in [5.74, 6) is -3.53. The third-order valence-electron chi connectivity index (χ3n) is 2.78. The zero-order valence-electron chi connectivity index (χ0n) is 14.3. The molecule has 0 saturated heterocycles. The molecular weight excluding hydrogens is 322 g/mol. The number of carbonyl (C=O) groups is 3. The predicted molar refractivity (Wildman–Crippen MR) is 82.4 cm³/mol. The fraction of sp³-hybridized carbons (Fsp3) is 0.467. The van der Waals surface area contributed by atoms with Crippen LogP contribution in [0.15, 0.2) is 9.21 Å². The Hall–Kier alpha value is -2.84. The van der Waals surface area contributed by atoms with Gasteiger partial charge in [0, 0.05) is 5.54 Å². The lowest BCUT2D eigenvalue weighted by atomic mass is 10.0. The monoisotopic (exact) mass is 341 g/mol. The maximum Gasteiger partial charge on any atom is 0.353 e. The molecule has 0 saturated carbocycles. The molecule has 0 fully saturated rings. The van der Waals surface area contributed by atoms with Crippen LogP contribution in [0.25, 0.3) is 0 Å². The molecule has 24 heavy (non-hydrogen) atoms. The van der Waals surface area contributed by atoms with E-state index in [1.165, 1.54) is 0 Å². The summed E-state index contributed by atoms with van der Waals surface area (Å²) < 4.78 is 18.7. The van der Waals surface area contributed by atoms with Gasteiger partial charge in [0.15, 0.2) is 5.56 Å². The first-order chi connectivity index (χ1) is 11.1. The van der Waals surface area contributed by atoms with Crippen LogP contribution >= 0.6 is 0 Å². The molecule has 0 amide bonds. The standard InChI is InChI=1S/C15H19NO8/c1-15(2,3)16-10-8(12(18)22-5)7(11(17)21-4)9(13(19)23-6)14(20)24-10/h16H,1-6H3. The average molecular weight is 341 g/mol. The number of hydrogen-bond donors (Lipinski definition) is 1. The third kappa shape index (κ3) is 3.92. The van der Waals surface area contributed by atoms with E-state index in [9.17, 15) is 19.2 Å². The summed E-state index contributed by atoms with van der Waals surface area (Å²) >= 11 is 0. The van der Waals surface area contributed by atoms with Crippen LogP contribution in [0, 0.1) is 0 Å². The van der Waals surface area contributed by atoms with Gasteiger partial charge in [-0.15, -0.1) is 0 Å². The normalized spacial score (nSPS) is 10.8. The average Bonchev–Trinajstić information content (AvgIpc) is 2.50. The van der Waals surface area contributed by atoms with Gasteiger partial charge < -0.3 is 23.9 Å². The number of methoxy groups -OCH3 is 3. The van der Waals surface area contributed by atoms with E-state index in [4.69, 9.17) is 4.42 Å². The van der Waals surface area contributed by atoms with Crippen molar-refractivity contribution in [1.29, 1.82) is 0 Å². The molecular formula is C15H19NO8. The first-order valence-corrected chi connectivity index (χ1v) is 6.81. The molecule has 1 aromatic rings. The Morgan fingerprint density at radius 2 is 1.25 bits per heavy atom. The molecule has 0 unspecified atom stereocenters. The van der Waals surface area contributed by atoms with Crippen molar-refractivity contribution in [2.45, 2.75) is 26.3 Å². The molecule has 0 aromatic carbocycles. The van der Waals surface area contributed by atoms with E-state index in [1.807, 2.05) is 0 Å². The highest BCUT2D eigenvalue weighted by Crippen LogP contribution is 2.26. The highest BCUT2D eigenvalue weighted by molar-refractivity contribution is 6.12. The molecule has 132 valence electrons. The lowest BCUT2D eigenvalue weighted by Gasteiger charge is -2.23. The topological polar surface area (TPSA) is 121 Å². The van der Waals surface area contributed by atoms with Crippen LogP contribution in [-0.4, -0.2) is 44.8 Å². The Labute approximate surface area is 137 Å². The summed E-state index contributed by atoms with van der Waals surface area (Å²) in [6, 6.07) is 0. The van der Waals surface area contributed by atoms with E-state index in [0.29, 0.717) is 0 Å². The number of carbonyl (C=O) groups excluding carboxylic acids is 3. The van der Waals surface area contributed by atoms with Crippen LogP contribution in [0.1, 0.15) is 51.8 Å². The molecule has 0 aliphatic carbocycles. The highest BCUT2D eigenvalue weighted by atomic mass is 16.5. The lowest BCUT2D eigenvalue weighted by Crippen LogP contribution is -2.32. The SMILES string of the molecule is COC(=O)c1c(NC(C)(C)C)oc(=O)c(C(=O)OC)c1C(=O)OC. The number of ether oxygens (including phenoxy) is 3. The molecule has 0 aliphatic heterocycles. The summed E-state index contributed by atoms with van der Waals surface area (Å²) in [6.07, 6.45) is 0. The van der Waals surface area contributed by atoms with Crippen molar-refractivity contribution in [3.05, 3.63) is 27.1 Å². The van der Waals surface area contributed by atoms with Crippen molar-refractivity contribution in [2.24, 2.45) is 0 Å². The fourth-order valence-corrected chi connectivity index (χ4v) is 1.85. The molecule has 1 N–H and O–H groups in total. The quantitative estimate of drug-likeness (QED) is 0.636. The smallest absolute Gasteiger partial charge is 0.353 e. The van der Waals surface area contributed by atoms with E-state index in [-0.39, 0.29) is 5.88 Å². The summed E-state index contributed by atoms with van der Waals surface area (Å²) in [5, 5.41) is 2.78. The third-order valence-corrected chi connectivity index (χ3v) is 2.78. The fourth-order valence-electron chi connectivity index (χ4n) is 1.85. The van der Waals surface area contributed by atoms with Gasteiger partial charge in [-0.2, -0.15) is 0 Å². The van der Waals surface area contributed by atoms with Gasteiger partial charge in [0.1, 0.15) is 11.1 Å². The molecule has 0 atom stereocenters. The second kappa shape index (κ2) is 7.16. The predicted octanol–water partition coefficient (Wildman–Crippen LogP) is 1.21. The Bertz CT molecular complexity index is 726. The molecule has 9 heteroatoms. The van der Waals surface area contributed by atoms with Crippen molar-refractivity contribution >= 4 is 23.8 Å². The van der Waals surface area contributed by atoms with Gasteiger partial charge in [0.05, 0.1) is 21.3 Å². The van der Waals surface area contributed by atoms with Crippen molar-refractivity contribution in [1.82, 2.24) is 0 Å². The van der Waals surface area contributed by atoms with Gasteiger partial charge in [-0.25, -0.2) is 19.2 Å². The van der Waals surface area contributed by atoms with Crippen LogP contribution in [0.5, 0.6) is 0 Å². The van der Waals surface area contributed by atoms with Gasteiger partial charge in [-0.05, 0) is 20.8 Å². The Balaban J connectivity index is 3.92. The molecule has 1 aromatic heterocycles. The Morgan fingerprint density at radius 3 is 1.67 bits per heavy atom. The van der Waals surface area contributed by atoms with Crippen molar-refractivity contribution in [2.75, 3.05) is 26.6 Å². The number of hydrogen-bond acceptors (Lipinski definition) is 9. The van der Waals surface area contributed by atoms with Gasteiger partial charge in [-0.3, -0.25) is 0 Å². The number of nitrogens with one attached hydrogen (secondary N) is 1. The van der Waals surface area contributed by atoms with Crippen molar-refractivity contribution in [3.63, 3.8) is 0 Å². The first kappa shape index (κ1) is 19.2. The number of rotatable bonds is 4. The summed E-state index contributed by atoms with van der Waals surface area (Å²) in [5.41, 5.74) is -3.54. The minimum Gasteiger partial charge on any atom is -0.465 e. The second-order valence-corrected chi connectivity index (χ2v) is 5.69. The maximum absolute atomic E-state index is 12.2. The molecule has 1 rings (SSSR count). The lowest BCUT2D eigenvalue weighted by molar-refractivity contribution is 0.0529. The van der Waals surface area contributed by atoms with E-state index >= 15 is 0 Å². The zero-order chi connectivity index (χ0) is 18.7. The highest BCUT2D eigenvalue weighted by Gasteiger charge is 2.35. The Morgan fingerprint density at radius 1 is 0.833 bits per heavy atom. The minimum absolute atomic E-state index is 0.313. The van der Waals surface area contributed by atoms with Gasteiger partial charge in [0.2, 0.25) is 5.88 Å². The van der Waals surface area contributed by atoms with Gasteiger partial charge in [-0.1, -0.05) is 0 Å². The molecule has 9 nitrogen and oxygen atoms in total. The van der Waals surface area contributed by atoms with Crippen LogP contribution in [-0.2, 0) is 14.2 Å².